The summed E-state index contributed by atoms with van der Waals surface area (Å²) in [6.45, 7) is 1.46. The van der Waals surface area contributed by atoms with Gasteiger partial charge in [-0.1, -0.05) is 0 Å². The first-order chi connectivity index (χ1) is 6.93. The second-order valence-electron chi connectivity index (χ2n) is 3.16. The van der Waals surface area contributed by atoms with Crippen LogP contribution in [0.15, 0.2) is 0 Å². The summed E-state index contributed by atoms with van der Waals surface area (Å²) in [6.07, 6.45) is 0.0203. The third kappa shape index (κ3) is 7.99. The van der Waals surface area contributed by atoms with E-state index in [-0.39, 0.29) is 18.0 Å². The zero-order valence-corrected chi connectivity index (χ0v) is 9.25. The molecule has 0 aliphatic heterocycles. The molecule has 0 aromatic carbocycles. The summed E-state index contributed by atoms with van der Waals surface area (Å²) >= 11 is 1.30. The number of carboxylic acids is 2. The van der Waals surface area contributed by atoms with Crippen LogP contribution in [-0.4, -0.2) is 39.4 Å². The zero-order chi connectivity index (χ0) is 11.8. The topological polar surface area (TPSA) is 91.7 Å². The van der Waals surface area contributed by atoms with E-state index in [1.54, 1.807) is 0 Å². The molecule has 0 saturated heterocycles. The lowest BCUT2D eigenvalue weighted by Gasteiger charge is -2.08. The first-order valence-electron chi connectivity index (χ1n) is 4.45. The summed E-state index contributed by atoms with van der Waals surface area (Å²) in [7, 11) is 0. The lowest BCUT2D eigenvalue weighted by atomic mass is 10.1. The fraction of sp³-hybridized carbons (Fsp3) is 0.667. The summed E-state index contributed by atoms with van der Waals surface area (Å²) in [5.74, 6) is -2.28. The molecule has 0 aliphatic carbocycles. The molecule has 0 aromatic rings. The lowest BCUT2D eigenvalue weighted by molar-refractivity contribution is -0.147. The van der Waals surface area contributed by atoms with Crippen LogP contribution >= 0.6 is 11.8 Å². The third-order valence-corrected chi connectivity index (χ3v) is 2.82. The molecule has 0 fully saturated rings. The van der Waals surface area contributed by atoms with Crippen molar-refractivity contribution in [2.45, 2.75) is 19.8 Å². The fourth-order valence-corrected chi connectivity index (χ4v) is 2.01. The average molecular weight is 234 g/mol. The number of hydrogen-bond acceptors (Lipinski definition) is 4. The van der Waals surface area contributed by atoms with Gasteiger partial charge < -0.3 is 10.2 Å². The van der Waals surface area contributed by atoms with Gasteiger partial charge in [-0.05, 0) is 6.92 Å². The van der Waals surface area contributed by atoms with Crippen molar-refractivity contribution in [3.8, 4) is 0 Å². The average Bonchev–Trinajstić information content (AvgIpc) is 2.08. The summed E-state index contributed by atoms with van der Waals surface area (Å²) in [5, 5.41) is 17.1. The molecule has 6 heteroatoms. The molecule has 5 nitrogen and oxygen atoms in total. The molecule has 0 aromatic heterocycles. The molecule has 1 unspecified atom stereocenters. The Morgan fingerprint density at radius 1 is 1.27 bits per heavy atom. The lowest BCUT2D eigenvalue weighted by Crippen LogP contribution is -2.20. The van der Waals surface area contributed by atoms with Gasteiger partial charge in [0.05, 0.1) is 12.3 Å². The van der Waals surface area contributed by atoms with Gasteiger partial charge >= 0.3 is 11.9 Å². The van der Waals surface area contributed by atoms with Gasteiger partial charge in [0.15, 0.2) is 0 Å². The van der Waals surface area contributed by atoms with Crippen molar-refractivity contribution >= 4 is 29.5 Å². The SMILES string of the molecule is CC(=O)CCSCC(CC(=O)O)C(=O)O. The van der Waals surface area contributed by atoms with E-state index in [0.29, 0.717) is 12.2 Å². The standard InChI is InChI=1S/C9H14O5S/c1-6(10)2-3-15-5-7(9(13)14)4-8(11)12/h7H,2-5H2,1H3,(H,11,12)(H,13,14). The van der Waals surface area contributed by atoms with Crippen LogP contribution in [0, 0.1) is 5.92 Å². The molecule has 0 saturated carbocycles. The molecule has 0 bridgehead atoms. The Labute approximate surface area is 91.9 Å². The molecule has 15 heavy (non-hydrogen) atoms. The number of carbonyl (C=O) groups is 3. The van der Waals surface area contributed by atoms with E-state index in [0.717, 1.165) is 0 Å². The molecule has 0 amide bonds. The summed E-state index contributed by atoms with van der Waals surface area (Å²) in [5.41, 5.74) is 0. The Kier molecular flexibility index (Phi) is 6.77. The van der Waals surface area contributed by atoms with Crippen LogP contribution < -0.4 is 0 Å². The van der Waals surface area contributed by atoms with Crippen LogP contribution in [0.3, 0.4) is 0 Å². The van der Waals surface area contributed by atoms with Crippen molar-refractivity contribution in [3.05, 3.63) is 0 Å². The Morgan fingerprint density at radius 2 is 1.87 bits per heavy atom. The molecule has 1 atom stereocenters. The van der Waals surface area contributed by atoms with Crippen molar-refractivity contribution in [3.63, 3.8) is 0 Å². The maximum Gasteiger partial charge on any atom is 0.307 e. The van der Waals surface area contributed by atoms with Crippen LogP contribution in [0.1, 0.15) is 19.8 Å². The van der Waals surface area contributed by atoms with Crippen molar-refractivity contribution < 1.29 is 24.6 Å². The van der Waals surface area contributed by atoms with Crippen molar-refractivity contribution in [1.82, 2.24) is 0 Å². The van der Waals surface area contributed by atoms with Gasteiger partial charge in [-0.25, -0.2) is 0 Å². The molecule has 0 heterocycles. The van der Waals surface area contributed by atoms with Gasteiger partial charge in [0, 0.05) is 17.9 Å². The van der Waals surface area contributed by atoms with E-state index in [1.165, 1.54) is 18.7 Å². The van der Waals surface area contributed by atoms with E-state index in [9.17, 15) is 14.4 Å². The number of rotatable bonds is 8. The smallest absolute Gasteiger partial charge is 0.307 e. The zero-order valence-electron chi connectivity index (χ0n) is 8.43. The second-order valence-corrected chi connectivity index (χ2v) is 4.31. The summed E-state index contributed by atoms with van der Waals surface area (Å²) in [6, 6.07) is 0. The normalized spacial score (nSPS) is 12.1. The van der Waals surface area contributed by atoms with Gasteiger partial charge in [-0.2, -0.15) is 11.8 Å². The van der Waals surface area contributed by atoms with Crippen LogP contribution in [-0.2, 0) is 14.4 Å². The first kappa shape index (κ1) is 14.0. The molecule has 0 aliphatic rings. The van der Waals surface area contributed by atoms with Gasteiger partial charge in [0.1, 0.15) is 5.78 Å². The number of hydrogen-bond donors (Lipinski definition) is 2. The molecule has 0 radical (unpaired) electrons. The van der Waals surface area contributed by atoms with Crippen molar-refractivity contribution in [2.24, 2.45) is 5.92 Å². The Morgan fingerprint density at radius 3 is 2.27 bits per heavy atom. The molecular formula is C9H14O5S. The minimum Gasteiger partial charge on any atom is -0.481 e. The minimum absolute atomic E-state index is 0.0487. The molecule has 86 valence electrons. The summed E-state index contributed by atoms with van der Waals surface area (Å²) < 4.78 is 0. The molecule has 2 N–H and O–H groups in total. The number of carboxylic acid groups (broad SMARTS) is 2. The van der Waals surface area contributed by atoms with Gasteiger partial charge in [-0.3, -0.25) is 14.4 Å². The van der Waals surface area contributed by atoms with E-state index >= 15 is 0 Å². The predicted molar refractivity (Wildman–Crippen MR) is 56.0 cm³/mol. The number of thioether (sulfide) groups is 1. The van der Waals surface area contributed by atoms with Crippen LogP contribution in [0.4, 0.5) is 0 Å². The highest BCUT2D eigenvalue weighted by Crippen LogP contribution is 2.13. The van der Waals surface area contributed by atoms with Crippen LogP contribution in [0.2, 0.25) is 0 Å². The third-order valence-electron chi connectivity index (χ3n) is 1.69. The number of carbonyl (C=O) groups excluding carboxylic acids is 1. The minimum atomic E-state index is -1.12. The second kappa shape index (κ2) is 7.28. The Hall–Kier alpha value is -1.04. The number of ketones is 1. The fourth-order valence-electron chi connectivity index (χ4n) is 0.870. The van der Waals surface area contributed by atoms with Crippen LogP contribution in [0.25, 0.3) is 0 Å². The predicted octanol–water partition coefficient (Wildman–Crippen LogP) is 0.874. The Balaban J connectivity index is 3.81. The maximum absolute atomic E-state index is 10.6. The Bertz CT molecular complexity index is 251. The van der Waals surface area contributed by atoms with Gasteiger partial charge in [0.25, 0.3) is 0 Å². The summed E-state index contributed by atoms with van der Waals surface area (Å²) in [4.78, 5) is 31.5. The molecule has 0 rings (SSSR count). The maximum atomic E-state index is 10.6. The first-order valence-corrected chi connectivity index (χ1v) is 5.60. The van der Waals surface area contributed by atoms with E-state index < -0.39 is 17.9 Å². The van der Waals surface area contributed by atoms with Gasteiger partial charge in [0.2, 0.25) is 0 Å². The van der Waals surface area contributed by atoms with Gasteiger partial charge in [-0.15, -0.1) is 0 Å². The van der Waals surface area contributed by atoms with E-state index in [1.807, 2.05) is 0 Å². The largest absolute Gasteiger partial charge is 0.481 e. The highest BCUT2D eigenvalue weighted by molar-refractivity contribution is 7.99. The van der Waals surface area contributed by atoms with E-state index in [4.69, 9.17) is 10.2 Å². The highest BCUT2D eigenvalue weighted by Gasteiger charge is 2.20. The van der Waals surface area contributed by atoms with Crippen molar-refractivity contribution in [1.29, 1.82) is 0 Å². The van der Waals surface area contributed by atoms with E-state index in [2.05, 4.69) is 0 Å². The molecule has 0 spiro atoms. The van der Waals surface area contributed by atoms with Crippen LogP contribution in [0.5, 0.6) is 0 Å². The quantitative estimate of drug-likeness (QED) is 0.605. The number of aliphatic carboxylic acids is 2. The monoisotopic (exact) mass is 234 g/mol. The van der Waals surface area contributed by atoms with Crippen molar-refractivity contribution in [2.75, 3.05) is 11.5 Å². The molecular weight excluding hydrogens is 220 g/mol. The highest BCUT2D eigenvalue weighted by atomic mass is 32.2. The number of Topliss-reactive ketones (excluding diaryl/α,β-unsaturated/α-hetero) is 1.